The molecule has 0 unspecified atom stereocenters. The van der Waals surface area contributed by atoms with Crippen molar-refractivity contribution in [2.75, 3.05) is 0 Å². The van der Waals surface area contributed by atoms with Crippen molar-refractivity contribution >= 4 is 40.6 Å². The van der Waals surface area contributed by atoms with Gasteiger partial charge in [-0.15, -0.1) is 0 Å². The van der Waals surface area contributed by atoms with Crippen LogP contribution in [-0.2, 0) is 11.4 Å². The third-order valence-corrected chi connectivity index (χ3v) is 5.14. The lowest BCUT2D eigenvalue weighted by Crippen LogP contribution is -2.34. The van der Waals surface area contributed by atoms with Gasteiger partial charge in [-0.25, -0.2) is 0 Å². The first-order valence-electron chi connectivity index (χ1n) is 8.19. The van der Waals surface area contributed by atoms with Gasteiger partial charge in [0.25, 0.3) is 11.1 Å². The number of carbonyl (C=O) groups excluding carboxylic acids is 2. The van der Waals surface area contributed by atoms with Crippen LogP contribution in [0.4, 0.5) is 4.79 Å². The van der Waals surface area contributed by atoms with Crippen molar-refractivity contribution in [3.8, 4) is 5.75 Å². The maximum absolute atomic E-state index is 12.5. The SMILES string of the molecule is CC(C)N1C(=O)S/C(=C\c2ccccc2OCc2ccccc2Cl)C1=O. The number of rotatable bonds is 5. The summed E-state index contributed by atoms with van der Waals surface area (Å²) < 4.78 is 5.90. The zero-order chi connectivity index (χ0) is 18.7. The second kappa shape index (κ2) is 7.98. The molecule has 4 nitrogen and oxygen atoms in total. The molecular weight excluding hydrogens is 370 g/mol. The molecular formula is C20H18ClNO3S. The Kier molecular flexibility index (Phi) is 5.69. The van der Waals surface area contributed by atoms with Gasteiger partial charge in [0.15, 0.2) is 0 Å². The maximum Gasteiger partial charge on any atom is 0.293 e. The van der Waals surface area contributed by atoms with Crippen molar-refractivity contribution < 1.29 is 14.3 Å². The minimum absolute atomic E-state index is 0.167. The molecule has 134 valence electrons. The molecule has 26 heavy (non-hydrogen) atoms. The zero-order valence-corrected chi connectivity index (χ0v) is 16.0. The summed E-state index contributed by atoms with van der Waals surface area (Å²) in [4.78, 5) is 26.2. The lowest BCUT2D eigenvalue weighted by Gasteiger charge is -2.16. The molecule has 1 saturated heterocycles. The van der Waals surface area contributed by atoms with E-state index in [0.29, 0.717) is 22.3 Å². The first-order valence-corrected chi connectivity index (χ1v) is 9.39. The number of ether oxygens (including phenoxy) is 1. The van der Waals surface area contributed by atoms with Crippen LogP contribution in [0.5, 0.6) is 5.75 Å². The van der Waals surface area contributed by atoms with Crippen LogP contribution in [-0.4, -0.2) is 22.1 Å². The van der Waals surface area contributed by atoms with Crippen molar-refractivity contribution in [2.24, 2.45) is 0 Å². The Morgan fingerprint density at radius 1 is 1.12 bits per heavy atom. The van der Waals surface area contributed by atoms with E-state index in [2.05, 4.69) is 0 Å². The topological polar surface area (TPSA) is 46.6 Å². The van der Waals surface area contributed by atoms with E-state index in [0.717, 1.165) is 22.9 Å². The highest BCUT2D eigenvalue weighted by atomic mass is 35.5. The second-order valence-electron chi connectivity index (χ2n) is 6.06. The third-order valence-electron chi connectivity index (χ3n) is 3.89. The molecule has 0 radical (unpaired) electrons. The average molecular weight is 388 g/mol. The monoisotopic (exact) mass is 387 g/mol. The van der Waals surface area contributed by atoms with Crippen molar-refractivity contribution in [2.45, 2.75) is 26.5 Å². The summed E-state index contributed by atoms with van der Waals surface area (Å²) in [5, 5.41) is 0.397. The highest BCUT2D eigenvalue weighted by molar-refractivity contribution is 8.18. The quantitative estimate of drug-likeness (QED) is 0.647. The van der Waals surface area contributed by atoms with Gasteiger partial charge in [-0.05, 0) is 43.8 Å². The van der Waals surface area contributed by atoms with Crippen LogP contribution >= 0.6 is 23.4 Å². The molecule has 0 aromatic heterocycles. The molecule has 3 rings (SSSR count). The first kappa shape index (κ1) is 18.5. The number of para-hydroxylation sites is 1. The Bertz CT molecular complexity index is 879. The highest BCUT2D eigenvalue weighted by Gasteiger charge is 2.36. The number of amides is 2. The van der Waals surface area contributed by atoms with Crippen molar-refractivity contribution in [3.05, 3.63) is 69.6 Å². The fourth-order valence-electron chi connectivity index (χ4n) is 2.57. The van der Waals surface area contributed by atoms with E-state index < -0.39 is 0 Å². The van der Waals surface area contributed by atoms with Crippen LogP contribution in [0.2, 0.25) is 5.02 Å². The molecule has 1 heterocycles. The van der Waals surface area contributed by atoms with Crippen LogP contribution in [0.1, 0.15) is 25.0 Å². The van der Waals surface area contributed by atoms with E-state index in [4.69, 9.17) is 16.3 Å². The van der Waals surface area contributed by atoms with E-state index >= 15 is 0 Å². The summed E-state index contributed by atoms with van der Waals surface area (Å²) in [5.41, 5.74) is 1.62. The second-order valence-corrected chi connectivity index (χ2v) is 7.46. The molecule has 6 heteroatoms. The average Bonchev–Trinajstić information content (AvgIpc) is 2.89. The van der Waals surface area contributed by atoms with Gasteiger partial charge in [0.2, 0.25) is 0 Å². The van der Waals surface area contributed by atoms with Gasteiger partial charge in [0.1, 0.15) is 12.4 Å². The molecule has 0 saturated carbocycles. The fraction of sp³-hybridized carbons (Fsp3) is 0.200. The van der Waals surface area contributed by atoms with Crippen molar-refractivity contribution in [1.82, 2.24) is 4.90 Å². The Hall–Kier alpha value is -2.24. The molecule has 0 atom stereocenters. The van der Waals surface area contributed by atoms with E-state index in [1.54, 1.807) is 6.08 Å². The Morgan fingerprint density at radius 2 is 1.81 bits per heavy atom. The van der Waals surface area contributed by atoms with Gasteiger partial charge in [-0.2, -0.15) is 0 Å². The van der Waals surface area contributed by atoms with Crippen LogP contribution < -0.4 is 4.74 Å². The lowest BCUT2D eigenvalue weighted by molar-refractivity contribution is -0.123. The molecule has 1 fully saturated rings. The van der Waals surface area contributed by atoms with E-state index in [9.17, 15) is 9.59 Å². The summed E-state index contributed by atoms with van der Waals surface area (Å²) in [7, 11) is 0. The Morgan fingerprint density at radius 3 is 2.50 bits per heavy atom. The predicted octanol–water partition coefficient (Wildman–Crippen LogP) is 5.36. The molecule has 1 aliphatic heterocycles. The number of imide groups is 1. The summed E-state index contributed by atoms with van der Waals surface area (Å²) in [6.45, 7) is 3.96. The van der Waals surface area contributed by atoms with Crippen molar-refractivity contribution in [3.63, 3.8) is 0 Å². The molecule has 0 aliphatic carbocycles. The Balaban J connectivity index is 1.83. The molecule has 0 N–H and O–H groups in total. The standard InChI is InChI=1S/C20H18ClNO3S/c1-13(2)22-19(23)18(26-20(22)24)11-14-7-4-6-10-17(14)25-12-15-8-3-5-9-16(15)21/h3-11,13H,12H2,1-2H3/b18-11-. The van der Waals surface area contributed by atoms with Gasteiger partial charge >= 0.3 is 0 Å². The molecule has 2 aromatic rings. The van der Waals surface area contributed by atoms with Crippen LogP contribution in [0.15, 0.2) is 53.4 Å². The van der Waals surface area contributed by atoms with Gasteiger partial charge < -0.3 is 4.74 Å². The summed E-state index contributed by atoms with van der Waals surface area (Å²) >= 11 is 7.12. The molecule has 1 aliphatic rings. The smallest absolute Gasteiger partial charge is 0.293 e. The highest BCUT2D eigenvalue weighted by Crippen LogP contribution is 2.35. The van der Waals surface area contributed by atoms with Gasteiger partial charge in [-0.1, -0.05) is 48.0 Å². The van der Waals surface area contributed by atoms with E-state index in [-0.39, 0.29) is 17.2 Å². The summed E-state index contributed by atoms with van der Waals surface area (Å²) in [5.74, 6) is 0.361. The zero-order valence-electron chi connectivity index (χ0n) is 14.4. The minimum Gasteiger partial charge on any atom is -0.488 e. The summed E-state index contributed by atoms with van der Waals surface area (Å²) in [6.07, 6.45) is 1.70. The predicted molar refractivity (Wildman–Crippen MR) is 105 cm³/mol. The number of benzene rings is 2. The number of hydrogen-bond donors (Lipinski definition) is 0. The molecule has 2 aromatic carbocycles. The minimum atomic E-state index is -0.268. The largest absolute Gasteiger partial charge is 0.488 e. The van der Waals surface area contributed by atoms with Crippen molar-refractivity contribution in [1.29, 1.82) is 0 Å². The number of nitrogens with zero attached hydrogens (tertiary/aromatic N) is 1. The third kappa shape index (κ3) is 3.94. The van der Waals surface area contributed by atoms with E-state index in [1.165, 1.54) is 4.90 Å². The maximum atomic E-state index is 12.5. The molecule has 0 spiro atoms. The van der Waals surface area contributed by atoms with Crippen LogP contribution in [0.25, 0.3) is 6.08 Å². The normalized spacial score (nSPS) is 16.0. The van der Waals surface area contributed by atoms with Gasteiger partial charge in [0.05, 0.1) is 4.91 Å². The lowest BCUT2D eigenvalue weighted by atomic mass is 10.1. The fourth-order valence-corrected chi connectivity index (χ4v) is 3.71. The molecule has 0 bridgehead atoms. The number of halogens is 1. The summed E-state index contributed by atoms with van der Waals surface area (Å²) in [6, 6.07) is 14.7. The number of hydrogen-bond acceptors (Lipinski definition) is 4. The van der Waals surface area contributed by atoms with Crippen LogP contribution in [0.3, 0.4) is 0 Å². The van der Waals surface area contributed by atoms with Crippen LogP contribution in [0, 0.1) is 0 Å². The van der Waals surface area contributed by atoms with E-state index in [1.807, 2.05) is 62.4 Å². The molecule has 2 amide bonds. The van der Waals surface area contributed by atoms with Gasteiger partial charge in [0, 0.05) is 22.2 Å². The van der Waals surface area contributed by atoms with Gasteiger partial charge in [-0.3, -0.25) is 14.5 Å². The first-order chi connectivity index (χ1) is 12.5. The number of carbonyl (C=O) groups is 2. The number of thioether (sulfide) groups is 1. The Labute approximate surface area is 161 Å².